The minimum absolute atomic E-state index is 0.141. The summed E-state index contributed by atoms with van der Waals surface area (Å²) < 4.78 is 28.4. The molecule has 0 spiro atoms. The summed E-state index contributed by atoms with van der Waals surface area (Å²) in [6.07, 6.45) is 0.403. The third-order valence-electron chi connectivity index (χ3n) is 3.38. The third kappa shape index (κ3) is 3.94. The van der Waals surface area contributed by atoms with Gasteiger partial charge in [-0.2, -0.15) is 0 Å². The van der Waals surface area contributed by atoms with Gasteiger partial charge in [0, 0.05) is 6.04 Å². The molecule has 2 atom stereocenters. The Labute approximate surface area is 115 Å². The van der Waals surface area contributed by atoms with Gasteiger partial charge >= 0.3 is 0 Å². The SMILES string of the molecule is CCNC(C)c1ccc(OC2CCS(=O)(=O)C2)cc1. The minimum atomic E-state index is -2.88. The summed E-state index contributed by atoms with van der Waals surface area (Å²) in [5.74, 6) is 1.13. The zero-order valence-corrected chi connectivity index (χ0v) is 12.2. The molecule has 1 aromatic carbocycles. The van der Waals surface area contributed by atoms with Gasteiger partial charge in [-0.05, 0) is 37.6 Å². The van der Waals surface area contributed by atoms with Crippen LogP contribution in [0.4, 0.5) is 0 Å². The Balaban J connectivity index is 1.96. The smallest absolute Gasteiger partial charge is 0.154 e. The van der Waals surface area contributed by atoms with Gasteiger partial charge in [0.1, 0.15) is 11.9 Å². The lowest BCUT2D eigenvalue weighted by Gasteiger charge is -2.15. The minimum Gasteiger partial charge on any atom is -0.489 e. The summed E-state index contributed by atoms with van der Waals surface area (Å²) in [5.41, 5.74) is 1.20. The van der Waals surface area contributed by atoms with E-state index in [1.165, 1.54) is 5.56 Å². The van der Waals surface area contributed by atoms with Crippen molar-refractivity contribution in [3.63, 3.8) is 0 Å². The number of benzene rings is 1. The quantitative estimate of drug-likeness (QED) is 0.897. The summed E-state index contributed by atoms with van der Waals surface area (Å²) in [7, 11) is -2.88. The fraction of sp³-hybridized carbons (Fsp3) is 0.571. The van der Waals surface area contributed by atoms with Crippen molar-refractivity contribution in [1.29, 1.82) is 0 Å². The van der Waals surface area contributed by atoms with Gasteiger partial charge in [-0.15, -0.1) is 0 Å². The van der Waals surface area contributed by atoms with E-state index in [0.29, 0.717) is 12.5 Å². The van der Waals surface area contributed by atoms with Crippen LogP contribution in [-0.4, -0.2) is 32.6 Å². The van der Waals surface area contributed by atoms with Crippen LogP contribution in [0.2, 0.25) is 0 Å². The number of ether oxygens (including phenoxy) is 1. The Bertz CT molecular complexity index is 510. The highest BCUT2D eigenvalue weighted by Gasteiger charge is 2.29. The molecule has 1 N–H and O–H groups in total. The Morgan fingerprint density at radius 2 is 2.05 bits per heavy atom. The van der Waals surface area contributed by atoms with Gasteiger partial charge in [0.15, 0.2) is 9.84 Å². The zero-order valence-electron chi connectivity index (χ0n) is 11.4. The molecule has 106 valence electrons. The molecule has 4 nitrogen and oxygen atoms in total. The number of rotatable bonds is 5. The average molecular weight is 283 g/mol. The molecule has 19 heavy (non-hydrogen) atoms. The summed E-state index contributed by atoms with van der Waals surface area (Å²) in [6.45, 7) is 5.12. The Hall–Kier alpha value is -1.07. The second-order valence-corrected chi connectivity index (χ2v) is 7.22. The van der Waals surface area contributed by atoms with Crippen LogP contribution in [0.5, 0.6) is 5.75 Å². The molecule has 0 radical (unpaired) electrons. The van der Waals surface area contributed by atoms with Crippen molar-refractivity contribution in [3.8, 4) is 5.75 Å². The van der Waals surface area contributed by atoms with Crippen LogP contribution in [-0.2, 0) is 9.84 Å². The number of nitrogens with one attached hydrogen (secondary N) is 1. The highest BCUT2D eigenvalue weighted by molar-refractivity contribution is 7.91. The number of sulfone groups is 1. The second kappa shape index (κ2) is 5.92. The van der Waals surface area contributed by atoms with E-state index in [2.05, 4.69) is 19.2 Å². The molecule has 0 aliphatic carbocycles. The number of hydrogen-bond acceptors (Lipinski definition) is 4. The highest BCUT2D eigenvalue weighted by atomic mass is 32.2. The maximum Gasteiger partial charge on any atom is 0.154 e. The van der Waals surface area contributed by atoms with Crippen molar-refractivity contribution < 1.29 is 13.2 Å². The van der Waals surface area contributed by atoms with Gasteiger partial charge in [-0.3, -0.25) is 0 Å². The van der Waals surface area contributed by atoms with Crippen LogP contribution in [0.1, 0.15) is 31.9 Å². The summed E-state index contributed by atoms with van der Waals surface area (Å²) in [4.78, 5) is 0. The van der Waals surface area contributed by atoms with Crippen LogP contribution in [0, 0.1) is 0 Å². The van der Waals surface area contributed by atoms with E-state index in [-0.39, 0.29) is 17.6 Å². The lowest BCUT2D eigenvalue weighted by Crippen LogP contribution is -2.18. The molecule has 5 heteroatoms. The normalized spacial score (nSPS) is 23.2. The molecule has 1 aromatic rings. The van der Waals surface area contributed by atoms with Crippen molar-refractivity contribution in [2.45, 2.75) is 32.4 Å². The van der Waals surface area contributed by atoms with Crippen molar-refractivity contribution in [2.75, 3.05) is 18.1 Å². The fourth-order valence-corrected chi connectivity index (χ4v) is 3.90. The third-order valence-corrected chi connectivity index (χ3v) is 5.12. The van der Waals surface area contributed by atoms with E-state index in [0.717, 1.165) is 12.3 Å². The molecule has 1 heterocycles. The first-order chi connectivity index (χ1) is 9.00. The first kappa shape index (κ1) is 14.3. The van der Waals surface area contributed by atoms with Gasteiger partial charge in [-0.25, -0.2) is 8.42 Å². The Morgan fingerprint density at radius 1 is 1.37 bits per heavy atom. The molecule has 0 bridgehead atoms. The monoisotopic (exact) mass is 283 g/mol. The molecule has 0 saturated carbocycles. The zero-order chi connectivity index (χ0) is 13.9. The van der Waals surface area contributed by atoms with E-state index in [1.54, 1.807) is 0 Å². The van der Waals surface area contributed by atoms with E-state index in [9.17, 15) is 8.42 Å². The van der Waals surface area contributed by atoms with Crippen molar-refractivity contribution in [2.24, 2.45) is 0 Å². The van der Waals surface area contributed by atoms with Crippen molar-refractivity contribution >= 4 is 9.84 Å². The Kier molecular flexibility index (Phi) is 4.47. The van der Waals surface area contributed by atoms with Crippen LogP contribution in [0.3, 0.4) is 0 Å². The van der Waals surface area contributed by atoms with Crippen LogP contribution in [0.25, 0.3) is 0 Å². The number of hydrogen-bond donors (Lipinski definition) is 1. The van der Waals surface area contributed by atoms with Gasteiger partial charge in [-0.1, -0.05) is 19.1 Å². The van der Waals surface area contributed by atoms with Gasteiger partial charge in [0.05, 0.1) is 11.5 Å². The van der Waals surface area contributed by atoms with Crippen LogP contribution >= 0.6 is 0 Å². The molecule has 1 saturated heterocycles. The molecular formula is C14H21NO3S. The summed E-state index contributed by atoms with van der Waals surface area (Å²) >= 11 is 0. The van der Waals surface area contributed by atoms with Crippen LogP contribution < -0.4 is 10.1 Å². The van der Waals surface area contributed by atoms with Gasteiger partial charge in [0.25, 0.3) is 0 Å². The molecule has 1 aliphatic heterocycles. The van der Waals surface area contributed by atoms with Gasteiger partial charge < -0.3 is 10.1 Å². The molecule has 2 rings (SSSR count). The largest absolute Gasteiger partial charge is 0.489 e. The lowest BCUT2D eigenvalue weighted by atomic mass is 10.1. The van der Waals surface area contributed by atoms with Crippen molar-refractivity contribution in [1.82, 2.24) is 5.32 Å². The molecule has 1 fully saturated rings. The summed E-state index contributed by atoms with van der Waals surface area (Å²) in [6, 6.07) is 8.17. The fourth-order valence-electron chi connectivity index (χ4n) is 2.31. The molecule has 2 unspecified atom stereocenters. The van der Waals surface area contributed by atoms with E-state index in [1.807, 2.05) is 24.3 Å². The first-order valence-corrected chi connectivity index (χ1v) is 8.53. The van der Waals surface area contributed by atoms with Gasteiger partial charge in [0.2, 0.25) is 0 Å². The lowest BCUT2D eigenvalue weighted by molar-refractivity contribution is 0.229. The predicted octanol–water partition coefficient (Wildman–Crippen LogP) is 1.92. The van der Waals surface area contributed by atoms with E-state index < -0.39 is 9.84 Å². The Morgan fingerprint density at radius 3 is 2.58 bits per heavy atom. The molecule has 0 aromatic heterocycles. The summed E-state index contributed by atoms with van der Waals surface area (Å²) in [5, 5.41) is 3.34. The molecule has 0 amide bonds. The van der Waals surface area contributed by atoms with Crippen molar-refractivity contribution in [3.05, 3.63) is 29.8 Å². The predicted molar refractivity (Wildman–Crippen MR) is 76.2 cm³/mol. The van der Waals surface area contributed by atoms with E-state index >= 15 is 0 Å². The maximum absolute atomic E-state index is 11.4. The highest BCUT2D eigenvalue weighted by Crippen LogP contribution is 2.22. The molecule has 1 aliphatic rings. The molecular weight excluding hydrogens is 262 g/mol. The topological polar surface area (TPSA) is 55.4 Å². The second-order valence-electron chi connectivity index (χ2n) is 4.99. The van der Waals surface area contributed by atoms with E-state index in [4.69, 9.17) is 4.74 Å². The first-order valence-electron chi connectivity index (χ1n) is 6.70. The van der Waals surface area contributed by atoms with Crippen LogP contribution in [0.15, 0.2) is 24.3 Å². The maximum atomic E-state index is 11.4. The standard InChI is InChI=1S/C14H21NO3S/c1-3-15-11(2)12-4-6-13(7-5-12)18-14-8-9-19(16,17)10-14/h4-7,11,14-15H,3,8-10H2,1-2H3. The average Bonchev–Trinajstić information content (AvgIpc) is 2.70.